The number of urea groups is 1. The van der Waals surface area contributed by atoms with Crippen LogP contribution in [0.5, 0.6) is 5.75 Å². The van der Waals surface area contributed by atoms with Crippen LogP contribution in [0.2, 0.25) is 0 Å². The van der Waals surface area contributed by atoms with Crippen LogP contribution in [0.3, 0.4) is 0 Å². The number of aliphatic hydroxyl groups excluding tert-OH is 2. The molecule has 6 nitrogen and oxygen atoms in total. The number of phenols is 1. The molecule has 1 atom stereocenters. The van der Waals surface area contributed by atoms with Crippen molar-refractivity contribution in [2.45, 2.75) is 32.8 Å². The van der Waals surface area contributed by atoms with E-state index in [1.54, 1.807) is 12.1 Å². The van der Waals surface area contributed by atoms with Crippen LogP contribution in [0.4, 0.5) is 4.79 Å². The fraction of sp³-hybridized carbons (Fsp3) is 0.562. The molecule has 1 rings (SSSR count). The molecule has 0 saturated carbocycles. The molecule has 1 aromatic rings. The summed E-state index contributed by atoms with van der Waals surface area (Å²) in [6.45, 7) is 4.64. The first kappa shape index (κ1) is 18.3. The molecule has 1 aromatic carbocycles. The van der Waals surface area contributed by atoms with E-state index in [0.29, 0.717) is 12.1 Å². The number of amides is 2. The van der Waals surface area contributed by atoms with Crippen molar-refractivity contribution in [3.63, 3.8) is 0 Å². The first-order valence-electron chi connectivity index (χ1n) is 7.43. The molecular weight excluding hydrogens is 284 g/mol. The van der Waals surface area contributed by atoms with E-state index in [1.165, 1.54) is 12.1 Å². The molecule has 0 saturated heterocycles. The minimum Gasteiger partial charge on any atom is -0.508 e. The molecule has 0 aliphatic rings. The maximum Gasteiger partial charge on any atom is 0.314 e. The van der Waals surface area contributed by atoms with E-state index in [0.717, 1.165) is 12.8 Å². The lowest BCUT2D eigenvalue weighted by molar-refractivity contribution is 0.147. The molecule has 0 aromatic heterocycles. The number of hydrogen-bond donors (Lipinski definition) is 5. The molecule has 2 amide bonds. The molecule has 0 fully saturated rings. The highest BCUT2D eigenvalue weighted by atomic mass is 16.3. The maximum atomic E-state index is 11.6. The number of hydrogen-bond acceptors (Lipinski definition) is 4. The Morgan fingerprint density at radius 1 is 1.32 bits per heavy atom. The van der Waals surface area contributed by atoms with Crippen LogP contribution in [-0.2, 0) is 0 Å². The van der Waals surface area contributed by atoms with E-state index in [-0.39, 0.29) is 30.3 Å². The van der Waals surface area contributed by atoms with Crippen LogP contribution in [0.25, 0.3) is 0 Å². The molecule has 6 heteroatoms. The first-order chi connectivity index (χ1) is 10.3. The van der Waals surface area contributed by atoms with Gasteiger partial charge >= 0.3 is 6.03 Å². The third-order valence-corrected chi connectivity index (χ3v) is 3.45. The van der Waals surface area contributed by atoms with Crippen molar-refractivity contribution in [2.24, 2.45) is 5.41 Å². The molecule has 0 bridgehead atoms. The van der Waals surface area contributed by atoms with Crippen LogP contribution < -0.4 is 10.6 Å². The van der Waals surface area contributed by atoms with Crippen molar-refractivity contribution in [1.82, 2.24) is 10.6 Å². The number of carbonyl (C=O) groups is 1. The van der Waals surface area contributed by atoms with Gasteiger partial charge < -0.3 is 26.0 Å². The zero-order valence-corrected chi connectivity index (χ0v) is 13.2. The third-order valence-electron chi connectivity index (χ3n) is 3.45. The van der Waals surface area contributed by atoms with Gasteiger partial charge in [0.25, 0.3) is 0 Å². The van der Waals surface area contributed by atoms with E-state index >= 15 is 0 Å². The Morgan fingerprint density at radius 2 is 2.05 bits per heavy atom. The van der Waals surface area contributed by atoms with Gasteiger partial charge in [0.1, 0.15) is 5.75 Å². The number of aliphatic hydroxyl groups is 2. The van der Waals surface area contributed by atoms with Gasteiger partial charge in [0, 0.05) is 19.7 Å². The number of phenolic OH excluding ortho intramolecular Hbond substituents is 1. The van der Waals surface area contributed by atoms with Crippen LogP contribution >= 0.6 is 0 Å². The topological polar surface area (TPSA) is 102 Å². The number of nitrogens with one attached hydrogen (secondary N) is 2. The van der Waals surface area contributed by atoms with Gasteiger partial charge in [-0.05, 0) is 36.0 Å². The number of aromatic hydroxyl groups is 1. The lowest BCUT2D eigenvalue weighted by Gasteiger charge is -2.21. The highest BCUT2D eigenvalue weighted by molar-refractivity contribution is 5.73. The number of rotatable bonds is 8. The molecule has 124 valence electrons. The standard InChI is InChI=1S/C16H26N2O4/c1-16(2,11-19)7-4-8-17-15(22)18-10-14(21)12-5-3-6-13(20)9-12/h3,5-6,9,14,19-21H,4,7-8,10-11H2,1-2H3,(H2,17,18,22)/t14-/m0/s1. The van der Waals surface area contributed by atoms with E-state index in [1.807, 2.05) is 13.8 Å². The summed E-state index contributed by atoms with van der Waals surface area (Å²) in [6, 6.07) is 5.95. The van der Waals surface area contributed by atoms with Crippen molar-refractivity contribution >= 4 is 6.03 Å². The van der Waals surface area contributed by atoms with Crippen LogP contribution in [0, 0.1) is 5.41 Å². The molecule has 22 heavy (non-hydrogen) atoms. The smallest absolute Gasteiger partial charge is 0.314 e. The molecule has 0 radical (unpaired) electrons. The fourth-order valence-corrected chi connectivity index (χ4v) is 1.95. The Labute approximate surface area is 131 Å². The molecular formula is C16H26N2O4. The summed E-state index contributed by atoms with van der Waals surface area (Å²) in [5.74, 6) is 0.0764. The number of benzene rings is 1. The van der Waals surface area contributed by atoms with E-state index in [4.69, 9.17) is 5.11 Å². The highest BCUT2D eigenvalue weighted by Gasteiger charge is 2.15. The highest BCUT2D eigenvalue weighted by Crippen LogP contribution is 2.20. The Bertz CT molecular complexity index is 477. The minimum atomic E-state index is -0.869. The minimum absolute atomic E-state index is 0.0669. The summed E-state index contributed by atoms with van der Waals surface area (Å²) in [5.41, 5.74) is 0.411. The van der Waals surface area contributed by atoms with Crippen molar-refractivity contribution < 1.29 is 20.1 Å². The summed E-state index contributed by atoms with van der Waals surface area (Å²) < 4.78 is 0. The largest absolute Gasteiger partial charge is 0.508 e. The second-order valence-electron chi connectivity index (χ2n) is 6.17. The third kappa shape index (κ3) is 6.78. The summed E-state index contributed by atoms with van der Waals surface area (Å²) in [7, 11) is 0. The first-order valence-corrected chi connectivity index (χ1v) is 7.43. The maximum absolute atomic E-state index is 11.6. The van der Waals surface area contributed by atoms with Crippen molar-refractivity contribution in [2.75, 3.05) is 19.7 Å². The molecule has 0 heterocycles. The van der Waals surface area contributed by atoms with Gasteiger partial charge in [-0.15, -0.1) is 0 Å². The van der Waals surface area contributed by atoms with Crippen molar-refractivity contribution in [1.29, 1.82) is 0 Å². The quantitative estimate of drug-likeness (QED) is 0.470. The van der Waals surface area contributed by atoms with Gasteiger partial charge in [-0.3, -0.25) is 0 Å². The molecule has 0 spiro atoms. The SMILES string of the molecule is CC(C)(CO)CCCNC(=O)NC[C@H](O)c1cccc(O)c1. The van der Waals surface area contributed by atoms with Gasteiger partial charge in [0.2, 0.25) is 0 Å². The monoisotopic (exact) mass is 310 g/mol. The molecule has 5 N–H and O–H groups in total. The lowest BCUT2D eigenvalue weighted by Crippen LogP contribution is -2.38. The second kappa shape index (κ2) is 8.60. The Morgan fingerprint density at radius 3 is 2.68 bits per heavy atom. The lowest BCUT2D eigenvalue weighted by atomic mass is 9.89. The van der Waals surface area contributed by atoms with Crippen LogP contribution in [-0.4, -0.2) is 41.0 Å². The molecule has 0 aliphatic carbocycles. The normalized spacial score (nSPS) is 12.7. The zero-order chi connectivity index (χ0) is 16.6. The summed E-state index contributed by atoms with van der Waals surface area (Å²) in [5, 5.41) is 33.7. The summed E-state index contributed by atoms with van der Waals surface area (Å²) in [6.07, 6.45) is 0.720. The molecule has 0 unspecified atom stereocenters. The Balaban J connectivity index is 2.23. The zero-order valence-electron chi connectivity index (χ0n) is 13.2. The summed E-state index contributed by atoms with van der Waals surface area (Å²) in [4.78, 5) is 11.6. The van der Waals surface area contributed by atoms with E-state index in [9.17, 15) is 15.0 Å². The van der Waals surface area contributed by atoms with Gasteiger partial charge in [0.15, 0.2) is 0 Å². The van der Waals surface area contributed by atoms with Gasteiger partial charge in [-0.1, -0.05) is 26.0 Å². The van der Waals surface area contributed by atoms with Crippen LogP contribution in [0.15, 0.2) is 24.3 Å². The predicted molar refractivity (Wildman–Crippen MR) is 84.6 cm³/mol. The van der Waals surface area contributed by atoms with E-state index < -0.39 is 6.10 Å². The van der Waals surface area contributed by atoms with Crippen molar-refractivity contribution in [3.8, 4) is 5.75 Å². The van der Waals surface area contributed by atoms with Gasteiger partial charge in [-0.2, -0.15) is 0 Å². The summed E-state index contributed by atoms with van der Waals surface area (Å²) >= 11 is 0. The molecule has 0 aliphatic heterocycles. The van der Waals surface area contributed by atoms with Crippen LogP contribution in [0.1, 0.15) is 38.4 Å². The average molecular weight is 310 g/mol. The Hall–Kier alpha value is -1.79. The van der Waals surface area contributed by atoms with Gasteiger partial charge in [-0.25, -0.2) is 4.79 Å². The van der Waals surface area contributed by atoms with Gasteiger partial charge in [0.05, 0.1) is 6.10 Å². The van der Waals surface area contributed by atoms with Crippen molar-refractivity contribution in [3.05, 3.63) is 29.8 Å². The number of carbonyl (C=O) groups excluding carboxylic acids is 1. The fourth-order valence-electron chi connectivity index (χ4n) is 1.95. The predicted octanol–water partition coefficient (Wildman–Crippen LogP) is 1.52. The average Bonchev–Trinajstić information content (AvgIpc) is 2.49. The van der Waals surface area contributed by atoms with E-state index in [2.05, 4.69) is 10.6 Å². The second-order valence-corrected chi connectivity index (χ2v) is 6.17. The Kier molecular flexibility index (Phi) is 7.14.